The number of carbonyl (C=O) groups excluding carboxylic acids is 1. The number of allylic oxidation sites excluding steroid dienone is 1. The second-order valence-electron chi connectivity index (χ2n) is 17.7. The first-order valence-electron chi connectivity index (χ1n) is 17.7. The van der Waals surface area contributed by atoms with Gasteiger partial charge in [0.1, 0.15) is 6.79 Å². The lowest BCUT2D eigenvalue weighted by Gasteiger charge is -2.58. The van der Waals surface area contributed by atoms with E-state index in [9.17, 15) is 4.79 Å². The van der Waals surface area contributed by atoms with Crippen LogP contribution in [-0.2, 0) is 23.7 Å². The molecule has 1 unspecified atom stereocenters. The zero-order chi connectivity index (χ0) is 31.5. The molecule has 0 N–H and O–H groups in total. The van der Waals surface area contributed by atoms with Crippen LogP contribution in [-0.4, -0.2) is 55.0 Å². The Morgan fingerprint density at radius 3 is 2.26 bits per heavy atom. The molecule has 3 fully saturated rings. The number of esters is 1. The summed E-state index contributed by atoms with van der Waals surface area (Å²) in [4.78, 5) is 12.5. The minimum atomic E-state index is -1.12. The van der Waals surface area contributed by atoms with Crippen LogP contribution in [0.15, 0.2) is 11.6 Å². The molecule has 8 atom stereocenters. The van der Waals surface area contributed by atoms with Gasteiger partial charge >= 0.3 is 5.97 Å². The first-order chi connectivity index (χ1) is 20.1. The predicted octanol–water partition coefficient (Wildman–Crippen LogP) is 9.53. The highest BCUT2D eigenvalue weighted by atomic mass is 28.3. The Hall–Kier alpha value is -0.476. The highest BCUT2D eigenvalue weighted by Gasteiger charge is 2.59. The van der Waals surface area contributed by atoms with Gasteiger partial charge in [-0.05, 0) is 110 Å². The van der Waals surface area contributed by atoms with E-state index in [1.54, 1.807) is 5.57 Å². The van der Waals surface area contributed by atoms with Gasteiger partial charge in [0, 0.05) is 35.8 Å². The van der Waals surface area contributed by atoms with Gasteiger partial charge in [-0.2, -0.15) is 0 Å². The molecule has 0 aromatic rings. The molecule has 0 aliphatic heterocycles. The fourth-order valence-corrected chi connectivity index (χ4v) is 11.0. The van der Waals surface area contributed by atoms with Gasteiger partial charge in [-0.1, -0.05) is 71.7 Å². The van der Waals surface area contributed by atoms with E-state index in [0.717, 1.165) is 49.7 Å². The molecule has 0 amide bonds. The predicted molar refractivity (Wildman–Crippen MR) is 182 cm³/mol. The van der Waals surface area contributed by atoms with Crippen LogP contribution in [0.25, 0.3) is 0 Å². The number of carbonyl (C=O) groups is 1. The summed E-state index contributed by atoms with van der Waals surface area (Å²) < 4.78 is 23.1. The number of fused-ring (bicyclic) bond motifs is 5. The SMILES string of the molecule is CC(CCC(=O)OCOCC[Si](C)(C)C)[C@H]1CC[C@H]2[C@@H]3CC=C4C[C@@H](OCOCC[Si](C)(C)C)CC[C@]4(C)[C@H]3CC[C@]12C. The van der Waals surface area contributed by atoms with Crippen molar-refractivity contribution in [1.29, 1.82) is 0 Å². The molecule has 4 rings (SSSR count). The normalized spacial score (nSPS) is 35.0. The molecule has 0 bridgehead atoms. The number of hydrogen-bond acceptors (Lipinski definition) is 5. The largest absolute Gasteiger partial charge is 0.438 e. The van der Waals surface area contributed by atoms with Crippen molar-refractivity contribution in [2.24, 2.45) is 40.4 Å². The maximum Gasteiger partial charge on any atom is 0.307 e. The summed E-state index contributed by atoms with van der Waals surface area (Å²) in [7, 11) is -2.17. The van der Waals surface area contributed by atoms with Gasteiger partial charge in [0.2, 0.25) is 0 Å². The molecule has 248 valence electrons. The van der Waals surface area contributed by atoms with E-state index in [1.807, 2.05) is 0 Å². The van der Waals surface area contributed by atoms with Crippen LogP contribution < -0.4 is 0 Å². The van der Waals surface area contributed by atoms with E-state index in [1.165, 1.54) is 44.6 Å². The van der Waals surface area contributed by atoms with Crippen molar-refractivity contribution in [2.75, 3.05) is 26.8 Å². The Morgan fingerprint density at radius 1 is 0.907 bits per heavy atom. The molecule has 0 heterocycles. The molecule has 7 heteroatoms. The molecular weight excluding hydrogens is 569 g/mol. The number of ether oxygens (including phenoxy) is 4. The molecule has 3 saturated carbocycles. The van der Waals surface area contributed by atoms with Gasteiger partial charge < -0.3 is 18.9 Å². The Kier molecular flexibility index (Phi) is 11.9. The van der Waals surface area contributed by atoms with Crippen molar-refractivity contribution in [1.82, 2.24) is 0 Å². The van der Waals surface area contributed by atoms with E-state index in [4.69, 9.17) is 18.9 Å². The quantitative estimate of drug-likeness (QED) is 0.0590. The summed E-state index contributed by atoms with van der Waals surface area (Å²) in [6.45, 7) is 23.9. The second kappa shape index (κ2) is 14.5. The van der Waals surface area contributed by atoms with Gasteiger partial charge in [-0.15, -0.1) is 0 Å². The van der Waals surface area contributed by atoms with E-state index < -0.39 is 16.1 Å². The lowest BCUT2D eigenvalue weighted by atomic mass is 9.47. The van der Waals surface area contributed by atoms with E-state index in [2.05, 4.69) is 66.1 Å². The third-order valence-electron chi connectivity index (χ3n) is 12.3. The molecule has 0 spiro atoms. The Labute approximate surface area is 266 Å². The smallest absolute Gasteiger partial charge is 0.307 e. The van der Waals surface area contributed by atoms with Crippen LogP contribution in [0.2, 0.25) is 51.4 Å². The van der Waals surface area contributed by atoms with Crippen molar-refractivity contribution < 1.29 is 23.7 Å². The van der Waals surface area contributed by atoms with E-state index in [0.29, 0.717) is 48.6 Å². The minimum Gasteiger partial charge on any atom is -0.438 e. The van der Waals surface area contributed by atoms with E-state index in [-0.39, 0.29) is 12.8 Å². The lowest BCUT2D eigenvalue weighted by Crippen LogP contribution is -2.51. The molecule has 0 aromatic heterocycles. The topological polar surface area (TPSA) is 54.0 Å². The summed E-state index contributed by atoms with van der Waals surface area (Å²) in [5, 5.41) is 0. The maximum atomic E-state index is 12.5. The third kappa shape index (κ3) is 9.08. The minimum absolute atomic E-state index is 0.0983. The molecule has 0 aromatic carbocycles. The average Bonchev–Trinajstić information content (AvgIpc) is 3.27. The van der Waals surface area contributed by atoms with Gasteiger partial charge in [-0.3, -0.25) is 4.79 Å². The highest BCUT2D eigenvalue weighted by molar-refractivity contribution is 6.76. The van der Waals surface area contributed by atoms with Crippen LogP contribution in [0.5, 0.6) is 0 Å². The highest BCUT2D eigenvalue weighted by Crippen LogP contribution is 2.67. The fraction of sp³-hybridized carbons (Fsp3) is 0.917. The van der Waals surface area contributed by atoms with Crippen LogP contribution in [0, 0.1) is 40.4 Å². The van der Waals surface area contributed by atoms with Crippen molar-refractivity contribution in [2.45, 2.75) is 142 Å². The molecule has 5 nitrogen and oxygen atoms in total. The standard InChI is InChI=1S/C36H66O5Si2/c1-27(10-15-34(37)41-26-39-21-23-43(7,8)9)31-13-14-32-30-12-11-28-24-29(40-25-38-20-22-42(4,5)6)16-18-35(28,2)33(30)17-19-36(31,32)3/h11,27,29-33H,10,12-26H2,1-9H3/t27?,29-,30-,31+,32-,33-,35-,36+/m0/s1. The van der Waals surface area contributed by atoms with Crippen LogP contribution in [0.4, 0.5) is 0 Å². The van der Waals surface area contributed by atoms with E-state index >= 15 is 0 Å². The maximum absolute atomic E-state index is 12.5. The monoisotopic (exact) mass is 634 g/mol. The third-order valence-corrected chi connectivity index (χ3v) is 15.7. The summed E-state index contributed by atoms with van der Waals surface area (Å²) >= 11 is 0. The van der Waals surface area contributed by atoms with Gasteiger partial charge in [0.25, 0.3) is 0 Å². The Morgan fingerprint density at radius 2 is 1.58 bits per heavy atom. The van der Waals surface area contributed by atoms with Gasteiger partial charge in [0.15, 0.2) is 6.79 Å². The summed E-state index contributed by atoms with van der Waals surface area (Å²) in [6, 6.07) is 2.30. The Balaban J connectivity index is 1.25. The zero-order valence-electron chi connectivity index (χ0n) is 29.4. The molecule has 0 saturated heterocycles. The van der Waals surface area contributed by atoms with Crippen molar-refractivity contribution >= 4 is 22.1 Å². The van der Waals surface area contributed by atoms with Crippen LogP contribution in [0.3, 0.4) is 0 Å². The lowest BCUT2D eigenvalue weighted by molar-refractivity contribution is -0.156. The molecular formula is C36H66O5Si2. The number of hydrogen-bond donors (Lipinski definition) is 0. The molecule has 4 aliphatic carbocycles. The summed E-state index contributed by atoms with van der Waals surface area (Å²) in [5.41, 5.74) is 2.43. The summed E-state index contributed by atoms with van der Waals surface area (Å²) in [6.07, 6.45) is 14.6. The molecule has 43 heavy (non-hydrogen) atoms. The van der Waals surface area contributed by atoms with Crippen LogP contribution in [0.1, 0.15) is 85.0 Å². The Bertz CT molecular complexity index is 954. The van der Waals surface area contributed by atoms with Crippen molar-refractivity contribution in [3.05, 3.63) is 11.6 Å². The zero-order valence-corrected chi connectivity index (χ0v) is 31.4. The first kappa shape index (κ1) is 35.4. The van der Waals surface area contributed by atoms with Gasteiger partial charge in [-0.25, -0.2) is 0 Å². The van der Waals surface area contributed by atoms with Crippen molar-refractivity contribution in [3.8, 4) is 0 Å². The fourth-order valence-electron chi connectivity index (χ4n) is 9.49. The average molecular weight is 635 g/mol. The van der Waals surface area contributed by atoms with Gasteiger partial charge in [0.05, 0.1) is 6.10 Å². The number of rotatable bonds is 15. The first-order valence-corrected chi connectivity index (χ1v) is 25.2. The van der Waals surface area contributed by atoms with Crippen LogP contribution >= 0.6 is 0 Å². The summed E-state index contributed by atoms with van der Waals surface area (Å²) in [5.74, 6) is 3.60. The second-order valence-corrected chi connectivity index (χ2v) is 29.0. The molecule has 0 radical (unpaired) electrons. The van der Waals surface area contributed by atoms with Crippen molar-refractivity contribution in [3.63, 3.8) is 0 Å². The molecule has 4 aliphatic rings.